The number of amides is 1. The summed E-state index contributed by atoms with van der Waals surface area (Å²) in [5.41, 5.74) is 7.03. The Hall–Kier alpha value is -3.01. The lowest BCUT2D eigenvalue weighted by Gasteiger charge is -2.41. The molecule has 0 bridgehead atoms. The maximum atomic E-state index is 12.0. The molecule has 1 amide bonds. The summed E-state index contributed by atoms with van der Waals surface area (Å²) < 4.78 is 11.8. The monoisotopic (exact) mass is 425 g/mol. The second kappa shape index (κ2) is 8.26. The number of anilines is 2. The molecule has 31 heavy (non-hydrogen) atoms. The van der Waals surface area contributed by atoms with Crippen molar-refractivity contribution in [1.29, 1.82) is 0 Å². The summed E-state index contributed by atoms with van der Waals surface area (Å²) in [6.45, 7) is 4.96. The Labute approximate surface area is 180 Å². The van der Waals surface area contributed by atoms with Gasteiger partial charge in [-0.05, 0) is 13.3 Å². The Kier molecular flexibility index (Phi) is 5.31. The van der Waals surface area contributed by atoms with E-state index in [-0.39, 0.29) is 30.0 Å². The van der Waals surface area contributed by atoms with Gasteiger partial charge in [0, 0.05) is 56.4 Å². The topological polar surface area (TPSA) is 120 Å². The molecule has 3 fully saturated rings. The number of nitrogens with two attached hydrogens (primary N) is 1. The molecule has 0 radical (unpaired) electrons. The lowest BCUT2D eigenvalue weighted by Crippen LogP contribution is -2.49. The van der Waals surface area contributed by atoms with Crippen molar-refractivity contribution in [3.8, 4) is 17.0 Å². The number of nitrogens with zero attached hydrogens (tertiary/aromatic N) is 6. The van der Waals surface area contributed by atoms with Crippen LogP contribution in [0.1, 0.15) is 32.6 Å². The summed E-state index contributed by atoms with van der Waals surface area (Å²) in [5.74, 6) is 1.69. The molecule has 1 atom stereocenters. The molecular formula is C21H27N7O3. The molecule has 0 spiro atoms. The second-order valence-corrected chi connectivity index (χ2v) is 8.39. The van der Waals surface area contributed by atoms with Crippen molar-refractivity contribution in [2.24, 2.45) is 0 Å². The Bertz CT molecular complexity index is 948. The zero-order valence-corrected chi connectivity index (χ0v) is 17.6. The summed E-state index contributed by atoms with van der Waals surface area (Å²) in [4.78, 5) is 33.7. The van der Waals surface area contributed by atoms with Crippen LogP contribution in [0.3, 0.4) is 0 Å². The number of carbonyl (C=O) groups is 1. The molecule has 0 aromatic carbocycles. The standard InChI is InChI=1S/C21H27N7O3/c1-13-12-30-6-5-27(13)21-25-11-17(19(26-21)14-9-23-20(22)24-10-14)31-16-7-15(8-16)28-4-2-3-18(28)29/h9-11,13,15-16H,2-8,12H2,1H3,(H2,22,23,24)/t13-,15-,16-/m0/s1. The van der Waals surface area contributed by atoms with E-state index in [1.165, 1.54) is 0 Å². The van der Waals surface area contributed by atoms with Gasteiger partial charge in [0.1, 0.15) is 11.8 Å². The van der Waals surface area contributed by atoms with Crippen LogP contribution in [0.2, 0.25) is 0 Å². The van der Waals surface area contributed by atoms with E-state index in [4.69, 9.17) is 20.2 Å². The van der Waals surface area contributed by atoms with Crippen LogP contribution in [0.4, 0.5) is 11.9 Å². The molecule has 2 aromatic rings. The van der Waals surface area contributed by atoms with Gasteiger partial charge < -0.3 is 25.0 Å². The van der Waals surface area contributed by atoms with Crippen molar-refractivity contribution in [1.82, 2.24) is 24.8 Å². The van der Waals surface area contributed by atoms with Gasteiger partial charge in [0.25, 0.3) is 0 Å². The van der Waals surface area contributed by atoms with Crippen molar-refractivity contribution in [2.45, 2.75) is 50.8 Å². The van der Waals surface area contributed by atoms with Crippen LogP contribution in [-0.4, -0.2) is 75.2 Å². The summed E-state index contributed by atoms with van der Waals surface area (Å²) >= 11 is 0. The maximum Gasteiger partial charge on any atom is 0.226 e. The lowest BCUT2D eigenvalue weighted by atomic mass is 9.88. The van der Waals surface area contributed by atoms with E-state index >= 15 is 0 Å². The maximum absolute atomic E-state index is 12.0. The normalized spacial score (nSPS) is 26.1. The average molecular weight is 425 g/mol. The largest absolute Gasteiger partial charge is 0.486 e. The van der Waals surface area contributed by atoms with Crippen LogP contribution >= 0.6 is 0 Å². The van der Waals surface area contributed by atoms with Gasteiger partial charge in [0.05, 0.1) is 25.5 Å². The van der Waals surface area contributed by atoms with E-state index in [0.717, 1.165) is 37.9 Å². The summed E-state index contributed by atoms with van der Waals surface area (Å²) in [7, 11) is 0. The Balaban J connectivity index is 1.37. The van der Waals surface area contributed by atoms with Crippen LogP contribution < -0.4 is 15.4 Å². The number of likely N-dealkylation sites (tertiary alicyclic amines) is 1. The van der Waals surface area contributed by atoms with Crippen LogP contribution in [0.5, 0.6) is 5.75 Å². The number of ether oxygens (including phenoxy) is 2. The fourth-order valence-corrected chi connectivity index (χ4v) is 4.40. The van der Waals surface area contributed by atoms with Gasteiger partial charge in [-0.1, -0.05) is 0 Å². The van der Waals surface area contributed by atoms with E-state index in [0.29, 0.717) is 37.0 Å². The minimum atomic E-state index is 0.0311. The van der Waals surface area contributed by atoms with Gasteiger partial charge in [-0.3, -0.25) is 4.79 Å². The highest BCUT2D eigenvalue weighted by Gasteiger charge is 2.39. The first-order chi connectivity index (χ1) is 15.1. The molecule has 1 saturated carbocycles. The smallest absolute Gasteiger partial charge is 0.226 e. The number of aromatic nitrogens is 4. The Morgan fingerprint density at radius 2 is 1.94 bits per heavy atom. The van der Waals surface area contributed by atoms with Gasteiger partial charge in [-0.2, -0.15) is 0 Å². The minimum absolute atomic E-state index is 0.0311. The number of hydrogen-bond donors (Lipinski definition) is 1. The molecular weight excluding hydrogens is 398 g/mol. The van der Waals surface area contributed by atoms with Gasteiger partial charge in [-0.25, -0.2) is 19.9 Å². The third-order valence-corrected chi connectivity index (χ3v) is 6.23. The van der Waals surface area contributed by atoms with Crippen molar-refractivity contribution in [2.75, 3.05) is 36.9 Å². The number of rotatable bonds is 5. The lowest BCUT2D eigenvalue weighted by molar-refractivity contribution is -0.132. The van der Waals surface area contributed by atoms with E-state index in [1.807, 2.05) is 4.90 Å². The molecule has 5 rings (SSSR count). The second-order valence-electron chi connectivity index (χ2n) is 8.39. The number of morpholine rings is 1. The zero-order valence-electron chi connectivity index (χ0n) is 17.6. The highest BCUT2D eigenvalue weighted by Crippen LogP contribution is 2.36. The minimum Gasteiger partial charge on any atom is -0.486 e. The quantitative estimate of drug-likeness (QED) is 0.755. The van der Waals surface area contributed by atoms with Gasteiger partial charge in [0.2, 0.25) is 17.8 Å². The first kappa shape index (κ1) is 19.9. The van der Waals surface area contributed by atoms with Crippen LogP contribution in [0.25, 0.3) is 11.3 Å². The molecule has 2 aliphatic heterocycles. The average Bonchev–Trinajstić information content (AvgIpc) is 3.17. The van der Waals surface area contributed by atoms with Gasteiger partial charge in [-0.15, -0.1) is 0 Å². The third kappa shape index (κ3) is 3.99. The molecule has 2 saturated heterocycles. The van der Waals surface area contributed by atoms with E-state index < -0.39 is 0 Å². The fraction of sp³-hybridized carbons (Fsp3) is 0.571. The first-order valence-corrected chi connectivity index (χ1v) is 10.8. The van der Waals surface area contributed by atoms with E-state index in [1.54, 1.807) is 18.6 Å². The predicted molar refractivity (Wildman–Crippen MR) is 113 cm³/mol. The highest BCUT2D eigenvalue weighted by molar-refractivity contribution is 5.78. The molecule has 10 heteroatoms. The van der Waals surface area contributed by atoms with Gasteiger partial charge >= 0.3 is 0 Å². The fourth-order valence-electron chi connectivity index (χ4n) is 4.40. The van der Waals surface area contributed by atoms with Crippen molar-refractivity contribution in [3.63, 3.8) is 0 Å². The van der Waals surface area contributed by atoms with Crippen LogP contribution in [0, 0.1) is 0 Å². The molecule has 2 N–H and O–H groups in total. The molecule has 0 unspecified atom stereocenters. The molecule has 164 valence electrons. The van der Waals surface area contributed by atoms with Gasteiger partial charge in [0.15, 0.2) is 5.75 Å². The van der Waals surface area contributed by atoms with Crippen molar-refractivity contribution < 1.29 is 14.3 Å². The Morgan fingerprint density at radius 1 is 1.13 bits per heavy atom. The van der Waals surface area contributed by atoms with Crippen molar-refractivity contribution >= 4 is 17.8 Å². The Morgan fingerprint density at radius 3 is 2.65 bits per heavy atom. The summed E-state index contributed by atoms with van der Waals surface area (Å²) in [6, 6.07) is 0.458. The van der Waals surface area contributed by atoms with E-state index in [2.05, 4.69) is 26.8 Å². The van der Waals surface area contributed by atoms with Crippen LogP contribution in [0.15, 0.2) is 18.6 Å². The van der Waals surface area contributed by atoms with Crippen LogP contribution in [-0.2, 0) is 9.53 Å². The van der Waals surface area contributed by atoms with Crippen molar-refractivity contribution in [3.05, 3.63) is 18.6 Å². The summed E-state index contributed by atoms with van der Waals surface area (Å²) in [6.07, 6.45) is 8.33. The first-order valence-electron chi connectivity index (χ1n) is 10.8. The SMILES string of the molecule is C[C@H]1COCCN1c1ncc(O[C@H]2C[C@H](N3CCCC3=O)C2)c(-c2cnc(N)nc2)n1. The molecule has 1 aliphatic carbocycles. The number of carbonyl (C=O) groups excluding carboxylic acids is 1. The summed E-state index contributed by atoms with van der Waals surface area (Å²) in [5, 5.41) is 0. The molecule has 10 nitrogen and oxygen atoms in total. The van der Waals surface area contributed by atoms with E-state index in [9.17, 15) is 4.79 Å². The number of nitrogen functional groups attached to an aromatic ring is 1. The molecule has 3 aliphatic rings. The predicted octanol–water partition coefficient (Wildman–Crippen LogP) is 1.27. The molecule has 2 aromatic heterocycles. The zero-order chi connectivity index (χ0) is 21.4. The third-order valence-electron chi connectivity index (χ3n) is 6.23. The number of hydrogen-bond acceptors (Lipinski definition) is 9. The molecule has 4 heterocycles. The highest BCUT2D eigenvalue weighted by atomic mass is 16.5.